The van der Waals surface area contributed by atoms with Crippen molar-refractivity contribution in [1.29, 1.82) is 0 Å². The minimum Gasteiger partial charge on any atom is -0.359 e. The number of halogens is 1. The van der Waals surface area contributed by atoms with Crippen molar-refractivity contribution in [2.45, 2.75) is 13.0 Å². The quantitative estimate of drug-likeness (QED) is 0.867. The lowest BCUT2D eigenvalue weighted by Gasteiger charge is -2.01. The highest BCUT2D eigenvalue weighted by molar-refractivity contribution is 7.90. The third-order valence-corrected chi connectivity index (χ3v) is 4.06. The van der Waals surface area contributed by atoms with E-state index in [1.165, 1.54) is 0 Å². The van der Waals surface area contributed by atoms with Crippen molar-refractivity contribution in [3.8, 4) is 11.3 Å². The molecule has 0 unspecified atom stereocenters. The van der Waals surface area contributed by atoms with E-state index in [-0.39, 0.29) is 24.6 Å². The molecule has 0 aliphatic rings. The average Bonchev–Trinajstić information content (AvgIpc) is 2.92. The van der Waals surface area contributed by atoms with Crippen molar-refractivity contribution in [2.75, 3.05) is 12.0 Å². The molecule has 1 N–H and O–H groups in total. The van der Waals surface area contributed by atoms with Gasteiger partial charge in [-0.1, -0.05) is 28.9 Å². The zero-order valence-electron chi connectivity index (χ0n) is 11.9. The molecule has 0 atom stereocenters. The van der Waals surface area contributed by atoms with Crippen molar-refractivity contribution in [3.63, 3.8) is 0 Å². The van der Waals surface area contributed by atoms with Crippen LogP contribution in [0.15, 0.2) is 34.9 Å². The maximum Gasteiger partial charge on any atom is 0.221 e. The summed E-state index contributed by atoms with van der Waals surface area (Å²) in [5.41, 5.74) is 1.49. The smallest absolute Gasteiger partial charge is 0.221 e. The summed E-state index contributed by atoms with van der Waals surface area (Å²) < 4.78 is 27.1. The van der Waals surface area contributed by atoms with Gasteiger partial charge in [0, 0.05) is 29.3 Å². The molecule has 2 aromatic rings. The van der Waals surface area contributed by atoms with E-state index in [4.69, 9.17) is 16.1 Å². The first-order chi connectivity index (χ1) is 10.3. The van der Waals surface area contributed by atoms with Crippen LogP contribution >= 0.6 is 11.6 Å². The Labute approximate surface area is 133 Å². The molecule has 0 saturated heterocycles. The summed E-state index contributed by atoms with van der Waals surface area (Å²) >= 11 is 5.82. The first kappa shape index (κ1) is 16.5. The highest BCUT2D eigenvalue weighted by Crippen LogP contribution is 2.21. The molecule has 2 rings (SSSR count). The summed E-state index contributed by atoms with van der Waals surface area (Å²) in [4.78, 5) is 11.5. The normalized spacial score (nSPS) is 11.4. The van der Waals surface area contributed by atoms with Crippen molar-refractivity contribution < 1.29 is 17.7 Å². The zero-order chi connectivity index (χ0) is 16.2. The predicted molar refractivity (Wildman–Crippen MR) is 83.1 cm³/mol. The Morgan fingerprint density at radius 2 is 2.00 bits per heavy atom. The molecule has 0 fully saturated rings. The Hall–Kier alpha value is -1.86. The monoisotopic (exact) mass is 342 g/mol. The van der Waals surface area contributed by atoms with Gasteiger partial charge in [-0.05, 0) is 12.1 Å². The maximum absolute atomic E-state index is 11.5. The van der Waals surface area contributed by atoms with E-state index in [2.05, 4.69) is 10.5 Å². The number of rotatable bonds is 6. The number of hydrogen-bond acceptors (Lipinski definition) is 5. The van der Waals surface area contributed by atoms with Gasteiger partial charge in [0.25, 0.3) is 0 Å². The van der Waals surface area contributed by atoms with E-state index in [0.717, 1.165) is 11.8 Å². The van der Waals surface area contributed by atoms with Gasteiger partial charge in [0.15, 0.2) is 5.76 Å². The minimum absolute atomic E-state index is 0.0724. The highest BCUT2D eigenvalue weighted by Gasteiger charge is 2.10. The lowest BCUT2D eigenvalue weighted by molar-refractivity contribution is -0.120. The summed E-state index contributed by atoms with van der Waals surface area (Å²) in [6.45, 7) is 0.156. The molecule has 6 nitrogen and oxygen atoms in total. The number of carbonyl (C=O) groups excluding carboxylic acids is 1. The van der Waals surface area contributed by atoms with Crippen LogP contribution in [0, 0.1) is 0 Å². The van der Waals surface area contributed by atoms with Crippen molar-refractivity contribution in [1.82, 2.24) is 10.5 Å². The van der Waals surface area contributed by atoms with E-state index >= 15 is 0 Å². The second kappa shape index (κ2) is 6.93. The Morgan fingerprint density at radius 1 is 1.32 bits per heavy atom. The second-order valence-electron chi connectivity index (χ2n) is 4.84. The number of carbonyl (C=O) groups is 1. The van der Waals surface area contributed by atoms with Gasteiger partial charge in [-0.25, -0.2) is 8.42 Å². The fourth-order valence-corrected chi connectivity index (χ4v) is 2.39. The standard InChI is InChI=1S/C14H15ClN2O4S/c1-22(19,20)7-6-14(18)16-9-12-8-13(17-21-12)10-2-4-11(15)5-3-10/h2-5,8H,6-7,9H2,1H3,(H,16,18). The summed E-state index contributed by atoms with van der Waals surface area (Å²) in [7, 11) is -3.14. The largest absolute Gasteiger partial charge is 0.359 e. The third-order valence-electron chi connectivity index (χ3n) is 2.86. The fourth-order valence-electron chi connectivity index (χ4n) is 1.71. The van der Waals surface area contributed by atoms with Gasteiger partial charge in [0.1, 0.15) is 15.5 Å². The van der Waals surface area contributed by atoms with Gasteiger partial charge >= 0.3 is 0 Å². The van der Waals surface area contributed by atoms with Crippen LogP contribution in [0.2, 0.25) is 5.02 Å². The molecule has 0 spiro atoms. The van der Waals surface area contributed by atoms with Gasteiger partial charge in [-0.15, -0.1) is 0 Å². The van der Waals surface area contributed by atoms with Crippen LogP contribution < -0.4 is 5.32 Å². The fraction of sp³-hybridized carbons (Fsp3) is 0.286. The maximum atomic E-state index is 11.5. The first-order valence-electron chi connectivity index (χ1n) is 6.49. The zero-order valence-corrected chi connectivity index (χ0v) is 13.4. The number of sulfone groups is 1. The van der Waals surface area contributed by atoms with Crippen LogP contribution in [0.25, 0.3) is 11.3 Å². The van der Waals surface area contributed by atoms with Gasteiger partial charge < -0.3 is 9.84 Å². The molecular weight excluding hydrogens is 328 g/mol. The summed E-state index contributed by atoms with van der Waals surface area (Å²) in [6.07, 6.45) is 1.02. The molecule has 8 heteroatoms. The van der Waals surface area contributed by atoms with Gasteiger partial charge in [-0.2, -0.15) is 0 Å². The van der Waals surface area contributed by atoms with E-state index in [1.54, 1.807) is 18.2 Å². The number of amides is 1. The van der Waals surface area contributed by atoms with Gasteiger partial charge in [0.05, 0.1) is 12.3 Å². The molecule has 1 amide bonds. The average molecular weight is 343 g/mol. The van der Waals surface area contributed by atoms with Gasteiger partial charge in [-0.3, -0.25) is 4.79 Å². The Bertz CT molecular complexity index is 753. The molecule has 1 aromatic heterocycles. The minimum atomic E-state index is -3.14. The van der Waals surface area contributed by atoms with E-state index in [0.29, 0.717) is 16.5 Å². The topological polar surface area (TPSA) is 89.3 Å². The van der Waals surface area contributed by atoms with Crippen molar-refractivity contribution in [2.24, 2.45) is 0 Å². The number of hydrogen-bond donors (Lipinski definition) is 1. The number of nitrogens with zero attached hydrogens (tertiary/aromatic N) is 1. The molecule has 0 aliphatic carbocycles. The lowest BCUT2D eigenvalue weighted by atomic mass is 10.1. The molecular formula is C14H15ClN2O4S. The predicted octanol–water partition coefficient (Wildman–Crippen LogP) is 2.05. The first-order valence-corrected chi connectivity index (χ1v) is 8.93. The molecule has 0 aliphatic heterocycles. The third kappa shape index (κ3) is 5.16. The van der Waals surface area contributed by atoms with Crippen LogP contribution in [0.3, 0.4) is 0 Å². The molecule has 0 bridgehead atoms. The van der Waals surface area contributed by atoms with Crippen molar-refractivity contribution in [3.05, 3.63) is 41.1 Å². The number of aromatic nitrogens is 1. The van der Waals surface area contributed by atoms with E-state index < -0.39 is 9.84 Å². The van der Waals surface area contributed by atoms with Crippen LogP contribution in [-0.4, -0.2) is 31.5 Å². The summed E-state index contributed by atoms with van der Waals surface area (Å²) in [6, 6.07) is 8.83. The van der Waals surface area contributed by atoms with Crippen LogP contribution in [0.5, 0.6) is 0 Å². The number of benzene rings is 1. The Morgan fingerprint density at radius 3 is 2.64 bits per heavy atom. The van der Waals surface area contributed by atoms with E-state index in [9.17, 15) is 13.2 Å². The van der Waals surface area contributed by atoms with Crippen molar-refractivity contribution >= 4 is 27.3 Å². The molecule has 0 saturated carbocycles. The highest BCUT2D eigenvalue weighted by atomic mass is 35.5. The van der Waals surface area contributed by atoms with Crippen LogP contribution in [0.1, 0.15) is 12.2 Å². The molecule has 1 aromatic carbocycles. The molecule has 22 heavy (non-hydrogen) atoms. The second-order valence-corrected chi connectivity index (χ2v) is 7.54. The molecule has 1 heterocycles. The van der Waals surface area contributed by atoms with Crippen LogP contribution in [0.4, 0.5) is 0 Å². The number of nitrogens with one attached hydrogen (secondary N) is 1. The summed E-state index contributed by atoms with van der Waals surface area (Å²) in [5, 5.41) is 7.13. The Kier molecular flexibility index (Phi) is 5.20. The molecule has 118 valence electrons. The summed E-state index contributed by atoms with van der Waals surface area (Å²) in [5.74, 6) is -0.0434. The lowest BCUT2D eigenvalue weighted by Crippen LogP contribution is -2.24. The van der Waals surface area contributed by atoms with Crippen LogP contribution in [-0.2, 0) is 21.2 Å². The SMILES string of the molecule is CS(=O)(=O)CCC(=O)NCc1cc(-c2ccc(Cl)cc2)no1. The van der Waals surface area contributed by atoms with Gasteiger partial charge in [0.2, 0.25) is 5.91 Å². The van der Waals surface area contributed by atoms with E-state index in [1.807, 2.05) is 12.1 Å². The molecule has 0 radical (unpaired) electrons. The Balaban J connectivity index is 1.90.